The van der Waals surface area contributed by atoms with E-state index in [4.69, 9.17) is 4.74 Å². The number of allylic oxidation sites excluding steroid dienone is 3. The Labute approximate surface area is 113 Å². The van der Waals surface area contributed by atoms with Gasteiger partial charge in [0.15, 0.2) is 5.78 Å². The highest BCUT2D eigenvalue weighted by molar-refractivity contribution is 5.92. The van der Waals surface area contributed by atoms with Crippen molar-refractivity contribution < 1.29 is 19.1 Å². The second-order valence-electron chi connectivity index (χ2n) is 5.06. The highest BCUT2D eigenvalue weighted by atomic mass is 16.6. The van der Waals surface area contributed by atoms with Crippen molar-refractivity contribution in [3.63, 3.8) is 0 Å². The van der Waals surface area contributed by atoms with Gasteiger partial charge in [-0.25, -0.2) is 0 Å². The lowest BCUT2D eigenvalue weighted by atomic mass is 9.87. The van der Waals surface area contributed by atoms with Gasteiger partial charge < -0.3 is 4.74 Å². The van der Waals surface area contributed by atoms with Gasteiger partial charge in [-0.2, -0.15) is 0 Å². The Balaban J connectivity index is 2.87. The topological polar surface area (TPSA) is 60.4 Å². The van der Waals surface area contributed by atoms with Crippen LogP contribution < -0.4 is 0 Å². The summed E-state index contributed by atoms with van der Waals surface area (Å²) in [5.41, 5.74) is 1.23. The summed E-state index contributed by atoms with van der Waals surface area (Å²) in [4.78, 5) is 33.4. The van der Waals surface area contributed by atoms with Gasteiger partial charge in [0.05, 0.1) is 5.92 Å². The van der Waals surface area contributed by atoms with Crippen molar-refractivity contribution in [3.8, 4) is 0 Å². The van der Waals surface area contributed by atoms with Crippen LogP contribution in [0.5, 0.6) is 0 Å². The van der Waals surface area contributed by atoms with Crippen molar-refractivity contribution >= 4 is 18.0 Å². The van der Waals surface area contributed by atoms with Gasteiger partial charge in [0.2, 0.25) is 0 Å². The van der Waals surface area contributed by atoms with E-state index in [-0.39, 0.29) is 29.7 Å². The zero-order chi connectivity index (χ0) is 14.6. The number of ketones is 1. The van der Waals surface area contributed by atoms with Crippen molar-refractivity contribution in [2.24, 2.45) is 11.8 Å². The summed E-state index contributed by atoms with van der Waals surface area (Å²) in [7, 11) is 0. The Morgan fingerprint density at radius 2 is 1.95 bits per heavy atom. The number of cyclic esters (lactones) is 1. The molecule has 0 saturated carbocycles. The first-order chi connectivity index (χ1) is 8.86. The maximum absolute atomic E-state index is 11.6. The number of ether oxygens (including phenoxy) is 1. The van der Waals surface area contributed by atoms with E-state index in [0.717, 1.165) is 6.29 Å². The van der Waals surface area contributed by atoms with Gasteiger partial charge in [0, 0.05) is 5.92 Å². The van der Waals surface area contributed by atoms with Crippen molar-refractivity contribution in [2.75, 3.05) is 0 Å². The lowest BCUT2D eigenvalue weighted by Crippen LogP contribution is -2.17. The number of carbonyl (C=O) groups excluding carboxylic acids is 3. The molecule has 3 atom stereocenters. The van der Waals surface area contributed by atoms with Gasteiger partial charge in [-0.1, -0.05) is 13.0 Å². The van der Waals surface area contributed by atoms with Crippen molar-refractivity contribution in [3.05, 3.63) is 23.3 Å². The van der Waals surface area contributed by atoms with E-state index in [1.807, 2.05) is 13.0 Å². The molecular formula is C15H20O4. The molecule has 19 heavy (non-hydrogen) atoms. The van der Waals surface area contributed by atoms with Gasteiger partial charge in [-0.15, -0.1) is 0 Å². The van der Waals surface area contributed by atoms with E-state index in [0.29, 0.717) is 17.6 Å². The number of hydrogen-bond donors (Lipinski definition) is 0. The Hall–Kier alpha value is -1.71. The zero-order valence-corrected chi connectivity index (χ0v) is 11.8. The minimum atomic E-state index is -0.385. The first-order valence-corrected chi connectivity index (χ1v) is 6.38. The molecule has 104 valence electrons. The first kappa shape index (κ1) is 15.3. The molecular weight excluding hydrogens is 244 g/mol. The molecule has 0 aromatic rings. The summed E-state index contributed by atoms with van der Waals surface area (Å²) in [6.07, 6.45) is 4.46. The standard InChI is InChI=1S/C15H20O4/c1-9(8-16)7-14-13(11(3)15(18)19-14)6-5-10(2)12(4)17/h5,7-8,11,13-14H,6H2,1-4H3/b9-7-,10-5-/t11-,13-,14+/m0/s1. The fraction of sp³-hybridized carbons (Fsp3) is 0.533. The average Bonchev–Trinajstić information content (AvgIpc) is 2.62. The number of aldehydes is 1. The van der Waals surface area contributed by atoms with E-state index in [9.17, 15) is 14.4 Å². The first-order valence-electron chi connectivity index (χ1n) is 6.38. The minimum absolute atomic E-state index is 0.0223. The van der Waals surface area contributed by atoms with Gasteiger partial charge in [-0.05, 0) is 44.4 Å². The quantitative estimate of drug-likeness (QED) is 0.434. The third-order valence-corrected chi connectivity index (χ3v) is 3.55. The molecule has 0 spiro atoms. The van der Waals surface area contributed by atoms with Crippen molar-refractivity contribution in [1.29, 1.82) is 0 Å². The molecule has 0 N–H and O–H groups in total. The SMILES string of the molecule is CC(=O)/C(C)=C\C[C@H]1[C@H](C)C(=O)O[C@@H]1/C=C(/C)C=O. The Kier molecular flexibility index (Phi) is 5.21. The minimum Gasteiger partial charge on any atom is -0.458 e. The highest BCUT2D eigenvalue weighted by Crippen LogP contribution is 2.32. The van der Waals surface area contributed by atoms with Crippen LogP contribution in [0.25, 0.3) is 0 Å². The third kappa shape index (κ3) is 3.88. The normalized spacial score (nSPS) is 28.2. The number of esters is 1. The van der Waals surface area contributed by atoms with Gasteiger partial charge in [0.25, 0.3) is 0 Å². The molecule has 4 nitrogen and oxygen atoms in total. The predicted molar refractivity (Wildman–Crippen MR) is 71.4 cm³/mol. The van der Waals surface area contributed by atoms with Crippen LogP contribution in [0.2, 0.25) is 0 Å². The summed E-state index contributed by atoms with van der Waals surface area (Å²) >= 11 is 0. The van der Waals surface area contributed by atoms with Crippen molar-refractivity contribution in [2.45, 2.75) is 40.2 Å². The van der Waals surface area contributed by atoms with Crippen LogP contribution in [0.15, 0.2) is 23.3 Å². The van der Waals surface area contributed by atoms with Gasteiger partial charge in [0.1, 0.15) is 12.4 Å². The fourth-order valence-electron chi connectivity index (χ4n) is 2.04. The maximum atomic E-state index is 11.6. The van der Waals surface area contributed by atoms with Crippen LogP contribution in [0.1, 0.15) is 34.1 Å². The molecule has 0 bridgehead atoms. The Morgan fingerprint density at radius 1 is 1.32 bits per heavy atom. The maximum Gasteiger partial charge on any atom is 0.309 e. The smallest absolute Gasteiger partial charge is 0.309 e. The number of hydrogen-bond acceptors (Lipinski definition) is 4. The molecule has 1 saturated heterocycles. The van der Waals surface area contributed by atoms with E-state index in [1.54, 1.807) is 19.9 Å². The summed E-state index contributed by atoms with van der Waals surface area (Å²) in [5, 5.41) is 0. The monoisotopic (exact) mass is 264 g/mol. The largest absolute Gasteiger partial charge is 0.458 e. The third-order valence-electron chi connectivity index (χ3n) is 3.55. The Bertz CT molecular complexity index is 445. The van der Waals surface area contributed by atoms with Crippen LogP contribution >= 0.6 is 0 Å². The summed E-state index contributed by atoms with van der Waals surface area (Å²) < 4.78 is 5.26. The van der Waals surface area contributed by atoms with E-state index < -0.39 is 0 Å². The summed E-state index contributed by atoms with van der Waals surface area (Å²) in [6.45, 7) is 6.76. The molecule has 0 radical (unpaired) electrons. The van der Waals surface area contributed by atoms with E-state index in [2.05, 4.69) is 0 Å². The second kappa shape index (κ2) is 6.45. The molecule has 1 fully saturated rings. The highest BCUT2D eigenvalue weighted by Gasteiger charge is 2.39. The lowest BCUT2D eigenvalue weighted by molar-refractivity contribution is -0.142. The Morgan fingerprint density at radius 3 is 2.47 bits per heavy atom. The van der Waals surface area contributed by atoms with Crippen LogP contribution in [-0.4, -0.2) is 24.1 Å². The molecule has 0 unspecified atom stereocenters. The van der Waals surface area contributed by atoms with Gasteiger partial charge >= 0.3 is 5.97 Å². The molecule has 1 heterocycles. The van der Waals surface area contributed by atoms with E-state index in [1.165, 1.54) is 6.92 Å². The molecule has 1 aliphatic rings. The second-order valence-corrected chi connectivity index (χ2v) is 5.06. The van der Waals surface area contributed by atoms with Crippen LogP contribution in [0, 0.1) is 11.8 Å². The molecule has 0 amide bonds. The zero-order valence-electron chi connectivity index (χ0n) is 11.8. The number of rotatable bonds is 5. The molecule has 1 rings (SSSR count). The fourth-order valence-corrected chi connectivity index (χ4v) is 2.04. The van der Waals surface area contributed by atoms with Crippen LogP contribution in [-0.2, 0) is 19.1 Å². The van der Waals surface area contributed by atoms with Crippen LogP contribution in [0.4, 0.5) is 0 Å². The van der Waals surface area contributed by atoms with E-state index >= 15 is 0 Å². The lowest BCUT2D eigenvalue weighted by Gasteiger charge is -2.15. The summed E-state index contributed by atoms with van der Waals surface area (Å²) in [6, 6.07) is 0. The molecule has 1 aliphatic heterocycles. The molecule has 0 aromatic heterocycles. The van der Waals surface area contributed by atoms with Crippen molar-refractivity contribution in [1.82, 2.24) is 0 Å². The van der Waals surface area contributed by atoms with Crippen LogP contribution in [0.3, 0.4) is 0 Å². The molecule has 0 aromatic carbocycles. The summed E-state index contributed by atoms with van der Waals surface area (Å²) in [5.74, 6) is -0.485. The number of Topliss-reactive ketones (excluding diaryl/α,β-unsaturated/α-hetero) is 1. The molecule has 4 heteroatoms. The average molecular weight is 264 g/mol. The predicted octanol–water partition coefficient (Wildman–Crippen LogP) is 2.23. The molecule has 0 aliphatic carbocycles. The van der Waals surface area contributed by atoms with Gasteiger partial charge in [-0.3, -0.25) is 14.4 Å². The number of carbonyl (C=O) groups is 3.